The highest BCUT2D eigenvalue weighted by Gasteiger charge is 2.18. The third kappa shape index (κ3) is 4.75. The fourth-order valence-corrected chi connectivity index (χ4v) is 3.05. The third-order valence-corrected chi connectivity index (χ3v) is 4.61. The van der Waals surface area contributed by atoms with Gasteiger partial charge in [0.15, 0.2) is 0 Å². The van der Waals surface area contributed by atoms with E-state index in [9.17, 15) is 14.0 Å². The maximum atomic E-state index is 13.6. The van der Waals surface area contributed by atoms with E-state index in [2.05, 4.69) is 15.3 Å². The number of hydrogen-bond acceptors (Lipinski definition) is 4. The number of carbonyl (C=O) groups is 2. The second-order valence-electron chi connectivity index (χ2n) is 6.36. The van der Waals surface area contributed by atoms with E-state index in [0.29, 0.717) is 22.8 Å². The number of rotatable bonds is 5. The molecule has 0 saturated heterocycles. The number of carbonyl (C=O) groups excluding carboxylic acids is 2. The second kappa shape index (κ2) is 8.79. The van der Waals surface area contributed by atoms with E-state index >= 15 is 0 Å². The van der Waals surface area contributed by atoms with Gasteiger partial charge in [0.1, 0.15) is 11.6 Å². The van der Waals surface area contributed by atoms with Crippen LogP contribution < -0.4 is 10.2 Å². The Balaban J connectivity index is 1.83. The third-order valence-electron chi connectivity index (χ3n) is 4.19. The summed E-state index contributed by atoms with van der Waals surface area (Å²) in [6, 6.07) is 9.23. The first kappa shape index (κ1) is 20.4. The molecule has 2 aromatic heterocycles. The summed E-state index contributed by atoms with van der Waals surface area (Å²) in [7, 11) is 0. The van der Waals surface area contributed by atoms with Crippen LogP contribution in [0.15, 0.2) is 55.0 Å². The maximum Gasteiger partial charge on any atom is 0.229 e. The van der Waals surface area contributed by atoms with Gasteiger partial charge in [-0.05, 0) is 36.2 Å². The van der Waals surface area contributed by atoms with Crippen LogP contribution in [0.1, 0.15) is 18.1 Å². The number of amides is 2. The number of pyridine rings is 2. The van der Waals surface area contributed by atoms with Crippen molar-refractivity contribution >= 4 is 40.6 Å². The van der Waals surface area contributed by atoms with Gasteiger partial charge in [-0.15, -0.1) is 0 Å². The van der Waals surface area contributed by atoms with E-state index in [1.165, 1.54) is 30.2 Å². The van der Waals surface area contributed by atoms with Crippen LogP contribution in [-0.4, -0.2) is 21.8 Å². The number of nitrogens with zero attached hydrogens (tertiary/aromatic N) is 3. The van der Waals surface area contributed by atoms with Crippen LogP contribution in [0.5, 0.6) is 0 Å². The van der Waals surface area contributed by atoms with Crippen molar-refractivity contribution in [1.29, 1.82) is 0 Å². The Morgan fingerprint density at radius 3 is 2.72 bits per heavy atom. The summed E-state index contributed by atoms with van der Waals surface area (Å²) >= 11 is 5.91. The zero-order valence-corrected chi connectivity index (χ0v) is 16.6. The first-order chi connectivity index (χ1) is 13.9. The van der Waals surface area contributed by atoms with Crippen LogP contribution in [0.25, 0.3) is 0 Å². The topological polar surface area (TPSA) is 75.2 Å². The Morgan fingerprint density at radius 2 is 2.00 bits per heavy atom. The molecule has 0 aliphatic carbocycles. The zero-order chi connectivity index (χ0) is 21.0. The number of halogens is 2. The molecule has 0 aliphatic heterocycles. The number of hydrogen-bond donors (Lipinski definition) is 1. The van der Waals surface area contributed by atoms with Gasteiger partial charge in [0.25, 0.3) is 0 Å². The van der Waals surface area contributed by atoms with Gasteiger partial charge in [0.2, 0.25) is 11.8 Å². The molecule has 29 heavy (non-hydrogen) atoms. The SMILES string of the molecule is CC(=O)N(c1cc(NC(=O)Cc2cccc(F)c2Cl)ccn1)c1ccncc1C. The van der Waals surface area contributed by atoms with Gasteiger partial charge in [-0.1, -0.05) is 23.7 Å². The molecule has 0 unspecified atom stereocenters. The molecule has 0 radical (unpaired) electrons. The maximum absolute atomic E-state index is 13.6. The standard InChI is InChI=1S/C21H18ClFN4O2/c1-13-12-24-8-7-18(13)27(14(2)28)19-11-16(6-9-25-19)26-20(29)10-15-4-3-5-17(23)21(15)22/h3-9,11-12H,10H2,1-2H3,(H,25,26,29). The van der Waals surface area contributed by atoms with Gasteiger partial charge in [0.05, 0.1) is 17.1 Å². The molecule has 3 rings (SSSR count). The number of aryl methyl sites for hydroxylation is 1. The summed E-state index contributed by atoms with van der Waals surface area (Å²) in [5.41, 5.74) is 2.29. The van der Waals surface area contributed by atoms with Crippen molar-refractivity contribution in [3.63, 3.8) is 0 Å². The first-order valence-corrected chi connectivity index (χ1v) is 9.14. The molecule has 2 heterocycles. The molecule has 0 fully saturated rings. The molecule has 0 spiro atoms. The second-order valence-corrected chi connectivity index (χ2v) is 6.74. The minimum atomic E-state index is -0.576. The molecule has 8 heteroatoms. The molecule has 1 N–H and O–H groups in total. The highest BCUT2D eigenvalue weighted by atomic mass is 35.5. The van der Waals surface area contributed by atoms with Crippen molar-refractivity contribution in [1.82, 2.24) is 9.97 Å². The minimum Gasteiger partial charge on any atom is -0.326 e. The van der Waals surface area contributed by atoms with E-state index in [4.69, 9.17) is 11.6 Å². The average molecular weight is 413 g/mol. The zero-order valence-electron chi connectivity index (χ0n) is 15.8. The van der Waals surface area contributed by atoms with E-state index in [0.717, 1.165) is 5.56 Å². The Morgan fingerprint density at radius 1 is 1.21 bits per heavy atom. The summed E-state index contributed by atoms with van der Waals surface area (Å²) in [6.07, 6.45) is 4.65. The highest BCUT2D eigenvalue weighted by molar-refractivity contribution is 6.31. The van der Waals surface area contributed by atoms with Gasteiger partial charge in [-0.25, -0.2) is 9.37 Å². The Labute approximate surface area is 172 Å². The molecule has 1 aromatic carbocycles. The van der Waals surface area contributed by atoms with Gasteiger partial charge in [0, 0.05) is 37.3 Å². The van der Waals surface area contributed by atoms with Crippen LogP contribution >= 0.6 is 11.6 Å². The largest absolute Gasteiger partial charge is 0.326 e. The Bertz CT molecular complexity index is 1070. The molecule has 0 aliphatic rings. The van der Waals surface area contributed by atoms with Crippen molar-refractivity contribution in [3.05, 3.63) is 77.0 Å². The van der Waals surface area contributed by atoms with Crippen molar-refractivity contribution in [2.75, 3.05) is 10.2 Å². The monoisotopic (exact) mass is 412 g/mol. The van der Waals surface area contributed by atoms with Crippen LogP contribution in [0, 0.1) is 12.7 Å². The number of benzene rings is 1. The molecule has 6 nitrogen and oxygen atoms in total. The van der Waals surface area contributed by atoms with Crippen LogP contribution in [0.3, 0.4) is 0 Å². The molecule has 0 bridgehead atoms. The minimum absolute atomic E-state index is 0.0750. The van der Waals surface area contributed by atoms with Gasteiger partial charge in [-0.3, -0.25) is 19.5 Å². The lowest BCUT2D eigenvalue weighted by Gasteiger charge is -2.22. The van der Waals surface area contributed by atoms with Crippen LogP contribution in [0.2, 0.25) is 5.02 Å². The fourth-order valence-electron chi connectivity index (χ4n) is 2.85. The molecule has 0 atom stereocenters. The normalized spacial score (nSPS) is 10.5. The lowest BCUT2D eigenvalue weighted by Crippen LogP contribution is -2.25. The molecular formula is C21H18ClFN4O2. The predicted octanol–water partition coefficient (Wildman–Crippen LogP) is 4.44. The van der Waals surface area contributed by atoms with E-state index < -0.39 is 5.82 Å². The smallest absolute Gasteiger partial charge is 0.229 e. The lowest BCUT2D eigenvalue weighted by molar-refractivity contribution is -0.116. The van der Waals surface area contributed by atoms with Crippen LogP contribution in [0.4, 0.5) is 21.6 Å². The van der Waals surface area contributed by atoms with Gasteiger partial charge in [-0.2, -0.15) is 0 Å². The van der Waals surface area contributed by atoms with Crippen molar-refractivity contribution in [3.8, 4) is 0 Å². The number of nitrogens with one attached hydrogen (secondary N) is 1. The lowest BCUT2D eigenvalue weighted by atomic mass is 10.1. The molecule has 3 aromatic rings. The predicted molar refractivity (Wildman–Crippen MR) is 110 cm³/mol. The summed E-state index contributed by atoms with van der Waals surface area (Å²) in [6.45, 7) is 3.27. The Hall–Kier alpha value is -3.32. The highest BCUT2D eigenvalue weighted by Crippen LogP contribution is 2.28. The molecule has 148 valence electrons. The fraction of sp³-hybridized carbons (Fsp3) is 0.143. The van der Waals surface area contributed by atoms with Crippen molar-refractivity contribution in [2.24, 2.45) is 0 Å². The van der Waals surface area contributed by atoms with Gasteiger partial charge < -0.3 is 5.32 Å². The quantitative estimate of drug-likeness (QED) is 0.672. The molecule has 0 saturated carbocycles. The average Bonchev–Trinajstić information content (AvgIpc) is 2.67. The van der Waals surface area contributed by atoms with Crippen LogP contribution in [-0.2, 0) is 16.0 Å². The number of anilines is 3. The van der Waals surface area contributed by atoms with E-state index in [1.807, 2.05) is 6.92 Å². The molecule has 2 amide bonds. The van der Waals surface area contributed by atoms with Gasteiger partial charge >= 0.3 is 0 Å². The van der Waals surface area contributed by atoms with E-state index in [-0.39, 0.29) is 23.3 Å². The summed E-state index contributed by atoms with van der Waals surface area (Å²) in [4.78, 5) is 34.4. The summed E-state index contributed by atoms with van der Waals surface area (Å²) in [5.74, 6) is -0.827. The molecular weight excluding hydrogens is 395 g/mol. The van der Waals surface area contributed by atoms with E-state index in [1.54, 1.807) is 36.7 Å². The Kier molecular flexibility index (Phi) is 6.19. The van der Waals surface area contributed by atoms with Crippen molar-refractivity contribution in [2.45, 2.75) is 20.3 Å². The summed E-state index contributed by atoms with van der Waals surface area (Å²) in [5, 5.41) is 2.65. The summed E-state index contributed by atoms with van der Waals surface area (Å²) < 4.78 is 13.6. The van der Waals surface area contributed by atoms with Crippen molar-refractivity contribution < 1.29 is 14.0 Å². The first-order valence-electron chi connectivity index (χ1n) is 8.77. The number of aromatic nitrogens is 2.